The van der Waals surface area contributed by atoms with Gasteiger partial charge in [-0.15, -0.1) is 11.8 Å². The zero-order valence-electron chi connectivity index (χ0n) is 18.1. The Morgan fingerprint density at radius 3 is 2.55 bits per heavy atom. The van der Waals surface area contributed by atoms with Gasteiger partial charge in [-0.1, -0.05) is 73.8 Å². The lowest BCUT2D eigenvalue weighted by atomic mass is 10.1. The van der Waals surface area contributed by atoms with E-state index in [0.717, 1.165) is 24.0 Å². The second-order valence-electron chi connectivity index (χ2n) is 7.30. The zero-order valence-corrected chi connectivity index (χ0v) is 20.4. The van der Waals surface area contributed by atoms with Crippen molar-refractivity contribution in [2.45, 2.75) is 51.4 Å². The highest BCUT2D eigenvalue weighted by atomic mass is 35.5. The Kier molecular flexibility index (Phi) is 11.3. The van der Waals surface area contributed by atoms with Gasteiger partial charge in [-0.3, -0.25) is 9.59 Å². The van der Waals surface area contributed by atoms with Crippen LogP contribution in [0.3, 0.4) is 0 Å². The van der Waals surface area contributed by atoms with Crippen molar-refractivity contribution in [3.63, 3.8) is 0 Å². The van der Waals surface area contributed by atoms with Gasteiger partial charge in [0.2, 0.25) is 11.8 Å². The average molecular weight is 481 g/mol. The third-order valence-electron chi connectivity index (χ3n) is 4.90. The third-order valence-corrected chi connectivity index (χ3v) is 6.49. The number of hydrogen-bond donors (Lipinski definition) is 1. The molecular formula is C24H30Cl2N2O2S. The Hall–Kier alpha value is -1.69. The van der Waals surface area contributed by atoms with E-state index in [-0.39, 0.29) is 17.6 Å². The molecule has 1 N–H and O–H groups in total. The number of benzene rings is 2. The minimum Gasteiger partial charge on any atom is -0.354 e. The number of carbonyl (C=O) groups is 2. The van der Waals surface area contributed by atoms with Gasteiger partial charge in [0, 0.05) is 28.9 Å². The van der Waals surface area contributed by atoms with Crippen LogP contribution in [0.2, 0.25) is 10.0 Å². The summed E-state index contributed by atoms with van der Waals surface area (Å²) >= 11 is 13.9. The number of hydrogen-bond acceptors (Lipinski definition) is 3. The maximum absolute atomic E-state index is 13.2. The van der Waals surface area contributed by atoms with E-state index in [0.29, 0.717) is 35.3 Å². The normalized spacial score (nSPS) is 11.7. The summed E-state index contributed by atoms with van der Waals surface area (Å²) in [5.74, 6) is 0.752. The first-order chi connectivity index (χ1) is 15.0. The van der Waals surface area contributed by atoms with E-state index < -0.39 is 6.04 Å². The summed E-state index contributed by atoms with van der Waals surface area (Å²) in [6.45, 7) is 4.92. The van der Waals surface area contributed by atoms with Crippen LogP contribution in [0.25, 0.3) is 0 Å². The molecule has 0 aliphatic heterocycles. The maximum atomic E-state index is 13.2. The first-order valence-corrected chi connectivity index (χ1v) is 12.5. The van der Waals surface area contributed by atoms with Crippen LogP contribution in [0.5, 0.6) is 0 Å². The first-order valence-electron chi connectivity index (χ1n) is 10.6. The lowest BCUT2D eigenvalue weighted by Gasteiger charge is -2.31. The summed E-state index contributed by atoms with van der Waals surface area (Å²) in [6, 6.07) is 14.5. The fraction of sp³-hybridized carbons (Fsp3) is 0.417. The fourth-order valence-electron chi connectivity index (χ4n) is 3.20. The van der Waals surface area contributed by atoms with Crippen molar-refractivity contribution < 1.29 is 9.59 Å². The lowest BCUT2D eigenvalue weighted by molar-refractivity contribution is -0.139. The van der Waals surface area contributed by atoms with Crippen LogP contribution in [0.4, 0.5) is 0 Å². The van der Waals surface area contributed by atoms with Gasteiger partial charge in [-0.2, -0.15) is 0 Å². The van der Waals surface area contributed by atoms with Crippen molar-refractivity contribution in [2.75, 3.05) is 12.3 Å². The van der Waals surface area contributed by atoms with Gasteiger partial charge < -0.3 is 10.2 Å². The van der Waals surface area contributed by atoms with Gasteiger partial charge in [0.15, 0.2) is 0 Å². The Labute approximate surface area is 199 Å². The molecule has 0 saturated heterocycles. The standard InChI is InChI=1S/C24H30Cl2N2O2S/c1-3-5-13-27-24(30)22(4-2)28(15-19-10-6-7-12-21(19)26)23(29)17-31-16-18-9-8-11-20(25)14-18/h6-12,14,22H,3-5,13,15-17H2,1-2H3,(H,27,30)/t22-/m1/s1. The number of carbonyl (C=O) groups excluding carboxylic acids is 2. The van der Waals surface area contributed by atoms with Crippen LogP contribution in [0, 0.1) is 0 Å². The molecule has 2 aromatic carbocycles. The van der Waals surface area contributed by atoms with Gasteiger partial charge in [-0.05, 0) is 42.2 Å². The number of thioether (sulfide) groups is 1. The second kappa shape index (κ2) is 13.7. The summed E-state index contributed by atoms with van der Waals surface area (Å²) in [4.78, 5) is 27.7. The van der Waals surface area contributed by atoms with E-state index in [2.05, 4.69) is 12.2 Å². The van der Waals surface area contributed by atoms with Crippen LogP contribution < -0.4 is 5.32 Å². The summed E-state index contributed by atoms with van der Waals surface area (Å²) in [6.07, 6.45) is 2.45. The fourth-order valence-corrected chi connectivity index (χ4v) is 4.47. The van der Waals surface area contributed by atoms with Crippen LogP contribution in [-0.2, 0) is 21.9 Å². The summed E-state index contributed by atoms with van der Waals surface area (Å²) in [7, 11) is 0. The highest BCUT2D eigenvalue weighted by molar-refractivity contribution is 7.99. The molecule has 0 heterocycles. The van der Waals surface area contributed by atoms with Crippen molar-refractivity contribution in [2.24, 2.45) is 0 Å². The van der Waals surface area contributed by atoms with E-state index in [1.54, 1.807) is 11.0 Å². The predicted molar refractivity (Wildman–Crippen MR) is 132 cm³/mol. The summed E-state index contributed by atoms with van der Waals surface area (Å²) in [5.41, 5.74) is 1.89. The molecule has 7 heteroatoms. The quantitative estimate of drug-likeness (QED) is 0.381. The number of halogens is 2. The molecule has 0 aliphatic carbocycles. The molecule has 0 aliphatic rings. The van der Waals surface area contributed by atoms with Crippen LogP contribution in [0.15, 0.2) is 48.5 Å². The van der Waals surface area contributed by atoms with Gasteiger partial charge in [0.05, 0.1) is 5.75 Å². The van der Waals surface area contributed by atoms with Crippen LogP contribution >= 0.6 is 35.0 Å². The topological polar surface area (TPSA) is 49.4 Å². The molecule has 2 amide bonds. The molecule has 4 nitrogen and oxygen atoms in total. The maximum Gasteiger partial charge on any atom is 0.242 e. The minimum atomic E-state index is -0.535. The smallest absolute Gasteiger partial charge is 0.242 e. The first kappa shape index (κ1) is 25.6. The highest BCUT2D eigenvalue weighted by Gasteiger charge is 2.28. The van der Waals surface area contributed by atoms with E-state index in [9.17, 15) is 9.59 Å². The van der Waals surface area contributed by atoms with Gasteiger partial charge in [0.1, 0.15) is 6.04 Å². The number of amides is 2. The second-order valence-corrected chi connectivity index (χ2v) is 9.13. The largest absolute Gasteiger partial charge is 0.354 e. The van der Waals surface area contributed by atoms with Crippen molar-refractivity contribution >= 4 is 46.8 Å². The van der Waals surface area contributed by atoms with Crippen molar-refractivity contribution in [3.05, 3.63) is 69.7 Å². The molecule has 0 aromatic heterocycles. The molecule has 0 unspecified atom stereocenters. The molecule has 0 spiro atoms. The Bertz CT molecular complexity index is 863. The highest BCUT2D eigenvalue weighted by Crippen LogP contribution is 2.22. The van der Waals surface area contributed by atoms with E-state index in [1.807, 2.05) is 49.4 Å². The molecule has 2 aromatic rings. The number of nitrogens with zero attached hydrogens (tertiary/aromatic N) is 1. The molecule has 0 fully saturated rings. The van der Waals surface area contributed by atoms with Crippen molar-refractivity contribution in [1.29, 1.82) is 0 Å². The number of rotatable bonds is 12. The monoisotopic (exact) mass is 480 g/mol. The van der Waals surface area contributed by atoms with E-state index >= 15 is 0 Å². The van der Waals surface area contributed by atoms with Gasteiger partial charge in [0.25, 0.3) is 0 Å². The average Bonchev–Trinajstić information content (AvgIpc) is 2.75. The molecule has 0 radical (unpaired) electrons. The molecule has 0 bridgehead atoms. The van der Waals surface area contributed by atoms with E-state index in [4.69, 9.17) is 23.2 Å². The zero-order chi connectivity index (χ0) is 22.6. The molecule has 31 heavy (non-hydrogen) atoms. The van der Waals surface area contributed by atoms with Gasteiger partial charge in [-0.25, -0.2) is 0 Å². The number of unbranched alkanes of at least 4 members (excludes halogenated alkanes) is 1. The molecule has 168 valence electrons. The SMILES string of the molecule is CCCCNC(=O)[C@@H](CC)N(Cc1ccccc1Cl)C(=O)CSCc1cccc(Cl)c1. The van der Waals surface area contributed by atoms with Crippen molar-refractivity contribution in [3.8, 4) is 0 Å². The lowest BCUT2D eigenvalue weighted by Crippen LogP contribution is -2.49. The Balaban J connectivity index is 2.11. The summed E-state index contributed by atoms with van der Waals surface area (Å²) < 4.78 is 0. The summed E-state index contributed by atoms with van der Waals surface area (Å²) in [5, 5.41) is 4.24. The molecule has 1 atom stereocenters. The van der Waals surface area contributed by atoms with Crippen LogP contribution in [-0.4, -0.2) is 35.1 Å². The molecular weight excluding hydrogens is 451 g/mol. The number of nitrogens with one attached hydrogen (secondary N) is 1. The predicted octanol–water partition coefficient (Wildman–Crippen LogP) is 5.95. The van der Waals surface area contributed by atoms with Crippen LogP contribution in [0.1, 0.15) is 44.2 Å². The Morgan fingerprint density at radius 2 is 1.87 bits per heavy atom. The van der Waals surface area contributed by atoms with E-state index in [1.165, 1.54) is 11.8 Å². The molecule has 2 rings (SSSR count). The van der Waals surface area contributed by atoms with Crippen molar-refractivity contribution in [1.82, 2.24) is 10.2 Å². The Morgan fingerprint density at radius 1 is 1.10 bits per heavy atom. The van der Waals surface area contributed by atoms with Gasteiger partial charge >= 0.3 is 0 Å². The molecule has 0 saturated carbocycles. The third kappa shape index (κ3) is 8.40. The minimum absolute atomic E-state index is 0.0792.